The fourth-order valence-electron chi connectivity index (χ4n) is 1.12. The van der Waals surface area contributed by atoms with E-state index in [4.69, 9.17) is 10.5 Å². The van der Waals surface area contributed by atoms with Gasteiger partial charge in [0.25, 0.3) is 0 Å². The van der Waals surface area contributed by atoms with Crippen molar-refractivity contribution < 1.29 is 4.74 Å². The third-order valence-corrected chi connectivity index (χ3v) is 1.77. The number of aliphatic imine (C=N–C) groups is 1. The van der Waals surface area contributed by atoms with Gasteiger partial charge in [-0.25, -0.2) is 0 Å². The van der Waals surface area contributed by atoms with Crippen molar-refractivity contribution in [3.63, 3.8) is 0 Å². The van der Waals surface area contributed by atoms with Gasteiger partial charge in [-0.1, -0.05) is 20.3 Å². The minimum absolute atomic E-state index is 0.0292. The van der Waals surface area contributed by atoms with Crippen molar-refractivity contribution in [3.05, 3.63) is 0 Å². The van der Waals surface area contributed by atoms with E-state index in [0.29, 0.717) is 12.4 Å². The molecule has 0 amide bonds. The third kappa shape index (κ3) is 5.64. The van der Waals surface area contributed by atoms with Crippen LogP contribution in [0.2, 0.25) is 0 Å². The molecule has 0 aromatic heterocycles. The van der Waals surface area contributed by atoms with Crippen molar-refractivity contribution in [2.45, 2.75) is 46.1 Å². The summed E-state index contributed by atoms with van der Waals surface area (Å²) >= 11 is 0. The van der Waals surface area contributed by atoms with Gasteiger partial charge in [-0.15, -0.1) is 0 Å². The molecule has 0 aromatic carbocycles. The molecule has 1 unspecified atom stereocenters. The lowest BCUT2D eigenvalue weighted by Gasteiger charge is -2.15. The molecule has 78 valence electrons. The molecule has 0 saturated heterocycles. The Balaban J connectivity index is 4.00. The van der Waals surface area contributed by atoms with E-state index >= 15 is 0 Å². The summed E-state index contributed by atoms with van der Waals surface area (Å²) in [5, 5.41) is 0. The highest BCUT2D eigenvalue weighted by Crippen LogP contribution is 2.02. The Morgan fingerprint density at radius 2 is 2.00 bits per heavy atom. The van der Waals surface area contributed by atoms with Gasteiger partial charge in [0.2, 0.25) is 0 Å². The quantitative estimate of drug-likeness (QED) is 0.488. The van der Waals surface area contributed by atoms with Crippen LogP contribution in [-0.4, -0.2) is 25.1 Å². The Hall–Kier alpha value is -0.570. The lowest BCUT2D eigenvalue weighted by atomic mass is 10.2. The molecule has 0 spiro atoms. The average Bonchev–Trinajstić information content (AvgIpc) is 2.14. The Labute approximate surface area is 81.4 Å². The Morgan fingerprint density at radius 1 is 1.31 bits per heavy atom. The summed E-state index contributed by atoms with van der Waals surface area (Å²) in [6, 6.07) is 0. The SMILES string of the molecule is CCCN=C(N)C(CCC)OCC. The van der Waals surface area contributed by atoms with Gasteiger partial charge in [-0.2, -0.15) is 0 Å². The van der Waals surface area contributed by atoms with Crippen LogP contribution in [-0.2, 0) is 4.74 Å². The Bertz CT molecular complexity index is 140. The first-order chi connectivity index (χ1) is 6.26. The number of ether oxygens (including phenoxy) is 1. The molecule has 3 nitrogen and oxygen atoms in total. The summed E-state index contributed by atoms with van der Waals surface area (Å²) < 4.78 is 5.49. The molecule has 0 heterocycles. The van der Waals surface area contributed by atoms with Crippen LogP contribution in [0.3, 0.4) is 0 Å². The number of amidine groups is 1. The minimum Gasteiger partial charge on any atom is -0.385 e. The van der Waals surface area contributed by atoms with E-state index in [1.54, 1.807) is 0 Å². The molecule has 13 heavy (non-hydrogen) atoms. The first-order valence-corrected chi connectivity index (χ1v) is 5.17. The molecule has 3 heteroatoms. The molecule has 0 aliphatic carbocycles. The van der Waals surface area contributed by atoms with Gasteiger partial charge in [-0.3, -0.25) is 4.99 Å². The number of rotatable bonds is 7. The molecule has 0 saturated carbocycles. The second kappa shape index (κ2) is 8.05. The van der Waals surface area contributed by atoms with Gasteiger partial charge in [-0.05, 0) is 19.8 Å². The molecular weight excluding hydrogens is 164 g/mol. The number of nitrogens with zero attached hydrogens (tertiary/aromatic N) is 1. The minimum atomic E-state index is 0.0292. The average molecular weight is 186 g/mol. The van der Waals surface area contributed by atoms with Crippen LogP contribution >= 0.6 is 0 Å². The maximum absolute atomic E-state index is 5.80. The van der Waals surface area contributed by atoms with Crippen LogP contribution in [0.1, 0.15) is 40.0 Å². The molecule has 0 rings (SSSR count). The zero-order valence-electron chi connectivity index (χ0n) is 9.05. The van der Waals surface area contributed by atoms with Gasteiger partial charge in [0, 0.05) is 13.2 Å². The zero-order chi connectivity index (χ0) is 10.1. The van der Waals surface area contributed by atoms with Gasteiger partial charge in [0.05, 0.1) is 0 Å². The summed E-state index contributed by atoms with van der Waals surface area (Å²) in [5.74, 6) is 0.658. The summed E-state index contributed by atoms with van der Waals surface area (Å²) in [4.78, 5) is 4.25. The molecule has 0 aliphatic heterocycles. The fourth-order valence-corrected chi connectivity index (χ4v) is 1.12. The largest absolute Gasteiger partial charge is 0.385 e. The van der Waals surface area contributed by atoms with Crippen molar-refractivity contribution in [1.82, 2.24) is 0 Å². The molecule has 0 radical (unpaired) electrons. The number of hydrogen-bond acceptors (Lipinski definition) is 2. The molecule has 2 N–H and O–H groups in total. The highest BCUT2D eigenvalue weighted by atomic mass is 16.5. The van der Waals surface area contributed by atoms with E-state index in [1.807, 2.05) is 6.92 Å². The standard InChI is InChI=1S/C10H22N2O/c1-4-7-9(13-6-3)10(11)12-8-5-2/h9H,4-8H2,1-3H3,(H2,11,12). The number of nitrogens with two attached hydrogens (primary N) is 1. The molecule has 0 fully saturated rings. The van der Waals surface area contributed by atoms with E-state index in [2.05, 4.69) is 18.8 Å². The predicted octanol–water partition coefficient (Wildman–Crippen LogP) is 1.96. The van der Waals surface area contributed by atoms with Gasteiger partial charge < -0.3 is 10.5 Å². The van der Waals surface area contributed by atoms with E-state index in [0.717, 1.165) is 25.8 Å². The molecule has 0 aliphatic rings. The van der Waals surface area contributed by atoms with Crippen LogP contribution in [0.4, 0.5) is 0 Å². The first kappa shape index (κ1) is 12.4. The molecule has 1 atom stereocenters. The zero-order valence-corrected chi connectivity index (χ0v) is 9.05. The highest BCUT2D eigenvalue weighted by molar-refractivity contribution is 5.84. The Kier molecular flexibility index (Phi) is 7.69. The normalized spacial score (nSPS) is 14.5. The van der Waals surface area contributed by atoms with Gasteiger partial charge >= 0.3 is 0 Å². The summed E-state index contributed by atoms with van der Waals surface area (Å²) in [6.45, 7) is 7.70. The van der Waals surface area contributed by atoms with Gasteiger partial charge in [0.1, 0.15) is 11.9 Å². The van der Waals surface area contributed by atoms with Crippen LogP contribution in [0.5, 0.6) is 0 Å². The maximum atomic E-state index is 5.80. The summed E-state index contributed by atoms with van der Waals surface area (Å²) in [6.07, 6.45) is 3.10. The van der Waals surface area contributed by atoms with Crippen molar-refractivity contribution in [3.8, 4) is 0 Å². The predicted molar refractivity (Wildman–Crippen MR) is 57.1 cm³/mol. The highest BCUT2D eigenvalue weighted by Gasteiger charge is 2.10. The van der Waals surface area contributed by atoms with Crippen molar-refractivity contribution >= 4 is 5.84 Å². The molecule has 0 aromatic rings. The second-order valence-corrected chi connectivity index (χ2v) is 3.04. The fraction of sp³-hybridized carbons (Fsp3) is 0.900. The van der Waals surface area contributed by atoms with Crippen LogP contribution in [0, 0.1) is 0 Å². The van der Waals surface area contributed by atoms with E-state index in [1.165, 1.54) is 0 Å². The van der Waals surface area contributed by atoms with Crippen LogP contribution < -0.4 is 5.73 Å². The summed E-state index contributed by atoms with van der Waals surface area (Å²) in [7, 11) is 0. The van der Waals surface area contributed by atoms with Crippen molar-refractivity contribution in [2.75, 3.05) is 13.2 Å². The van der Waals surface area contributed by atoms with E-state index in [9.17, 15) is 0 Å². The van der Waals surface area contributed by atoms with E-state index < -0.39 is 0 Å². The van der Waals surface area contributed by atoms with Crippen molar-refractivity contribution in [2.24, 2.45) is 10.7 Å². The third-order valence-electron chi connectivity index (χ3n) is 1.77. The topological polar surface area (TPSA) is 47.6 Å². The number of hydrogen-bond donors (Lipinski definition) is 1. The molecule has 0 bridgehead atoms. The van der Waals surface area contributed by atoms with Crippen molar-refractivity contribution in [1.29, 1.82) is 0 Å². The lowest BCUT2D eigenvalue weighted by molar-refractivity contribution is 0.102. The maximum Gasteiger partial charge on any atom is 0.123 e. The summed E-state index contributed by atoms with van der Waals surface area (Å²) in [5.41, 5.74) is 5.80. The molecular formula is C10H22N2O. The Morgan fingerprint density at radius 3 is 2.46 bits per heavy atom. The van der Waals surface area contributed by atoms with Gasteiger partial charge in [0.15, 0.2) is 0 Å². The second-order valence-electron chi connectivity index (χ2n) is 3.04. The van der Waals surface area contributed by atoms with Crippen LogP contribution in [0.25, 0.3) is 0 Å². The van der Waals surface area contributed by atoms with E-state index in [-0.39, 0.29) is 6.10 Å². The first-order valence-electron chi connectivity index (χ1n) is 5.17. The lowest BCUT2D eigenvalue weighted by Crippen LogP contribution is -2.31. The monoisotopic (exact) mass is 186 g/mol. The van der Waals surface area contributed by atoms with Crippen LogP contribution in [0.15, 0.2) is 4.99 Å². The smallest absolute Gasteiger partial charge is 0.123 e.